The van der Waals surface area contributed by atoms with Gasteiger partial charge < -0.3 is 10.5 Å². The normalized spacial score (nSPS) is 17.4. The fourth-order valence-corrected chi connectivity index (χ4v) is 4.31. The van der Waals surface area contributed by atoms with Crippen LogP contribution in [0.4, 0.5) is 11.4 Å². The smallest absolute Gasteiger partial charge is 0.269 e. The molecule has 30 heavy (non-hydrogen) atoms. The summed E-state index contributed by atoms with van der Waals surface area (Å²) in [6.45, 7) is 0. The Morgan fingerprint density at radius 2 is 2.07 bits per heavy atom. The van der Waals surface area contributed by atoms with Gasteiger partial charge in [-0.1, -0.05) is 30.0 Å². The maximum absolute atomic E-state index is 13.2. The van der Waals surface area contributed by atoms with E-state index in [1.807, 2.05) is 0 Å². The number of nitro groups is 1. The van der Waals surface area contributed by atoms with Gasteiger partial charge in [0.2, 0.25) is 5.91 Å². The van der Waals surface area contributed by atoms with Crippen LogP contribution in [-0.4, -0.2) is 29.1 Å². The molecule has 1 aliphatic heterocycles. The summed E-state index contributed by atoms with van der Waals surface area (Å²) in [6.07, 6.45) is 0.173. The van der Waals surface area contributed by atoms with Crippen molar-refractivity contribution in [3.63, 3.8) is 0 Å². The standard InChI is InChI=1S/C20H16N4O5S/c1-29-15-7-3-5-13(10-15)23-19(26)17(30-20(23)16(11-21)18(22)25)9-12-4-2-6-14(8-12)24(27)28/h2-8,10,17H,9H2,1H3,(H2,22,25)/b20-16+/t17-/m0/s1. The third kappa shape index (κ3) is 4.11. The molecule has 0 bridgehead atoms. The molecule has 1 atom stereocenters. The first-order chi connectivity index (χ1) is 14.3. The zero-order valence-electron chi connectivity index (χ0n) is 15.8. The van der Waals surface area contributed by atoms with Gasteiger partial charge in [0.1, 0.15) is 22.4 Å². The van der Waals surface area contributed by atoms with Crippen LogP contribution in [0.3, 0.4) is 0 Å². The zero-order chi connectivity index (χ0) is 21.8. The maximum Gasteiger partial charge on any atom is 0.269 e. The number of methoxy groups -OCH3 is 1. The molecule has 0 saturated carbocycles. The first-order valence-electron chi connectivity index (χ1n) is 8.68. The highest BCUT2D eigenvalue weighted by Crippen LogP contribution is 2.42. The third-order valence-corrected chi connectivity index (χ3v) is 5.64. The third-order valence-electron chi connectivity index (χ3n) is 4.38. The van der Waals surface area contributed by atoms with E-state index >= 15 is 0 Å². The average Bonchev–Trinajstić information content (AvgIpc) is 3.04. The number of hydrogen-bond donors (Lipinski definition) is 1. The van der Waals surface area contributed by atoms with E-state index in [2.05, 4.69) is 0 Å². The summed E-state index contributed by atoms with van der Waals surface area (Å²) in [5.41, 5.74) is 5.93. The molecule has 0 aliphatic carbocycles. The molecule has 1 saturated heterocycles. The lowest BCUT2D eigenvalue weighted by molar-refractivity contribution is -0.384. The fourth-order valence-electron chi connectivity index (χ4n) is 3.00. The largest absolute Gasteiger partial charge is 0.497 e. The molecule has 3 rings (SSSR count). The lowest BCUT2D eigenvalue weighted by Gasteiger charge is -2.18. The number of amides is 2. The SMILES string of the molecule is COc1cccc(N2C(=O)[C@H](Cc3cccc([N+](=O)[O-])c3)S/C2=C(\C#N)C(N)=O)c1. The Kier molecular flexibility index (Phi) is 6.03. The topological polar surface area (TPSA) is 140 Å². The summed E-state index contributed by atoms with van der Waals surface area (Å²) < 4.78 is 5.20. The van der Waals surface area contributed by atoms with Gasteiger partial charge in [-0.3, -0.25) is 24.6 Å². The Bertz CT molecular complexity index is 1110. The second-order valence-electron chi connectivity index (χ2n) is 6.27. The molecule has 0 spiro atoms. The number of hydrogen-bond acceptors (Lipinski definition) is 7. The number of nitrogens with zero attached hydrogens (tertiary/aromatic N) is 3. The number of carbonyl (C=O) groups excluding carboxylic acids is 2. The maximum atomic E-state index is 13.2. The van der Waals surface area contributed by atoms with E-state index in [9.17, 15) is 25.0 Å². The predicted molar refractivity (Wildman–Crippen MR) is 110 cm³/mol. The summed E-state index contributed by atoms with van der Waals surface area (Å²) in [5, 5.41) is 19.9. The number of benzene rings is 2. The van der Waals surface area contributed by atoms with Crippen molar-refractivity contribution in [3.8, 4) is 11.8 Å². The minimum absolute atomic E-state index is 0.0850. The van der Waals surface area contributed by atoms with Gasteiger partial charge >= 0.3 is 0 Å². The van der Waals surface area contributed by atoms with Crippen molar-refractivity contribution in [2.45, 2.75) is 11.7 Å². The van der Waals surface area contributed by atoms with Crippen LogP contribution in [0.1, 0.15) is 5.56 Å². The molecule has 0 unspecified atom stereocenters. The molecule has 1 fully saturated rings. The van der Waals surface area contributed by atoms with Gasteiger partial charge in [-0.25, -0.2) is 0 Å². The molecule has 1 heterocycles. The molecule has 10 heteroatoms. The molecule has 1 aliphatic rings. The van der Waals surface area contributed by atoms with Gasteiger partial charge in [-0.15, -0.1) is 0 Å². The summed E-state index contributed by atoms with van der Waals surface area (Å²) in [5.74, 6) is -0.829. The Morgan fingerprint density at radius 1 is 1.33 bits per heavy atom. The number of primary amides is 1. The molecule has 2 amide bonds. The van der Waals surface area contributed by atoms with Crippen molar-refractivity contribution in [2.24, 2.45) is 5.73 Å². The van der Waals surface area contributed by atoms with E-state index in [0.717, 1.165) is 11.8 Å². The van der Waals surface area contributed by atoms with Crippen LogP contribution < -0.4 is 15.4 Å². The number of nitriles is 1. The minimum Gasteiger partial charge on any atom is -0.497 e. The summed E-state index contributed by atoms with van der Waals surface area (Å²) in [6, 6.07) is 14.4. The van der Waals surface area contributed by atoms with Crippen molar-refractivity contribution >= 4 is 35.0 Å². The predicted octanol–water partition coefficient (Wildman–Crippen LogP) is 2.51. The van der Waals surface area contributed by atoms with Crippen molar-refractivity contribution < 1.29 is 19.2 Å². The van der Waals surface area contributed by atoms with Crippen LogP contribution in [-0.2, 0) is 16.0 Å². The Labute approximate surface area is 175 Å². The number of anilines is 1. The quantitative estimate of drug-likeness (QED) is 0.325. The summed E-state index contributed by atoms with van der Waals surface area (Å²) in [4.78, 5) is 36.8. The summed E-state index contributed by atoms with van der Waals surface area (Å²) in [7, 11) is 1.48. The number of rotatable bonds is 6. The van der Waals surface area contributed by atoms with Gasteiger partial charge in [0.25, 0.3) is 11.6 Å². The number of nitrogens with two attached hydrogens (primary N) is 1. The van der Waals surface area contributed by atoms with Crippen LogP contribution in [0.2, 0.25) is 0 Å². The van der Waals surface area contributed by atoms with Crippen molar-refractivity contribution in [2.75, 3.05) is 12.0 Å². The second-order valence-corrected chi connectivity index (χ2v) is 7.46. The average molecular weight is 424 g/mol. The number of nitro benzene ring substituents is 1. The lowest BCUT2D eigenvalue weighted by atomic mass is 10.1. The Balaban J connectivity index is 2.03. The molecule has 2 aromatic rings. The Hall–Kier alpha value is -3.84. The first-order valence-corrected chi connectivity index (χ1v) is 9.56. The molecule has 9 nitrogen and oxygen atoms in total. The number of thioether (sulfide) groups is 1. The second kappa shape index (κ2) is 8.67. The van der Waals surface area contributed by atoms with E-state index in [4.69, 9.17) is 10.5 Å². The molecule has 0 radical (unpaired) electrons. The highest BCUT2D eigenvalue weighted by Gasteiger charge is 2.40. The first kappa shape index (κ1) is 20.9. The summed E-state index contributed by atoms with van der Waals surface area (Å²) >= 11 is 1.03. The van der Waals surface area contributed by atoms with Crippen LogP contribution in [0.15, 0.2) is 59.1 Å². The molecule has 2 aromatic carbocycles. The van der Waals surface area contributed by atoms with Crippen molar-refractivity contribution in [3.05, 3.63) is 74.8 Å². The van der Waals surface area contributed by atoms with Crippen LogP contribution in [0, 0.1) is 21.4 Å². The molecular weight excluding hydrogens is 408 g/mol. The minimum atomic E-state index is -0.948. The van der Waals surface area contributed by atoms with Crippen LogP contribution in [0.25, 0.3) is 0 Å². The molecule has 2 N–H and O–H groups in total. The van der Waals surface area contributed by atoms with Gasteiger partial charge in [-0.05, 0) is 24.1 Å². The Morgan fingerprint density at radius 3 is 2.70 bits per heavy atom. The highest BCUT2D eigenvalue weighted by molar-refractivity contribution is 8.05. The highest BCUT2D eigenvalue weighted by atomic mass is 32.2. The van der Waals surface area contributed by atoms with Gasteiger partial charge in [0.05, 0.1) is 23.0 Å². The van der Waals surface area contributed by atoms with Crippen LogP contribution in [0.5, 0.6) is 5.75 Å². The van der Waals surface area contributed by atoms with E-state index in [0.29, 0.717) is 17.0 Å². The number of non-ortho nitro benzene ring substituents is 1. The molecule has 152 valence electrons. The van der Waals surface area contributed by atoms with Gasteiger partial charge in [0, 0.05) is 18.2 Å². The van der Waals surface area contributed by atoms with E-state index in [1.165, 1.54) is 30.2 Å². The van der Waals surface area contributed by atoms with Crippen molar-refractivity contribution in [1.29, 1.82) is 5.26 Å². The van der Waals surface area contributed by atoms with Crippen LogP contribution >= 0.6 is 11.8 Å². The van der Waals surface area contributed by atoms with Gasteiger partial charge in [0.15, 0.2) is 0 Å². The zero-order valence-corrected chi connectivity index (χ0v) is 16.6. The van der Waals surface area contributed by atoms with Crippen molar-refractivity contribution in [1.82, 2.24) is 0 Å². The van der Waals surface area contributed by atoms with E-state index < -0.39 is 16.1 Å². The lowest BCUT2D eigenvalue weighted by Crippen LogP contribution is -2.31. The fraction of sp³-hybridized carbons (Fsp3) is 0.150. The molecule has 0 aromatic heterocycles. The van der Waals surface area contributed by atoms with E-state index in [-0.39, 0.29) is 28.6 Å². The number of carbonyl (C=O) groups is 2. The molecular formula is C20H16N4O5S. The van der Waals surface area contributed by atoms with E-state index in [1.54, 1.807) is 36.4 Å². The monoisotopic (exact) mass is 424 g/mol. The van der Waals surface area contributed by atoms with Gasteiger partial charge in [-0.2, -0.15) is 5.26 Å². The number of ether oxygens (including phenoxy) is 1.